The lowest BCUT2D eigenvalue weighted by Gasteiger charge is -2.20. The smallest absolute Gasteiger partial charge is 0.107 e. The first-order chi connectivity index (χ1) is 9.30. The summed E-state index contributed by atoms with van der Waals surface area (Å²) in [5, 5.41) is 6.76. The van der Waals surface area contributed by atoms with E-state index in [0.717, 1.165) is 19.6 Å². The van der Waals surface area contributed by atoms with Crippen molar-refractivity contribution in [3.05, 3.63) is 16.1 Å². The van der Waals surface area contributed by atoms with Gasteiger partial charge in [0.1, 0.15) is 5.01 Å². The van der Waals surface area contributed by atoms with E-state index < -0.39 is 0 Å². The van der Waals surface area contributed by atoms with Crippen LogP contribution in [0, 0.1) is 0 Å². The summed E-state index contributed by atoms with van der Waals surface area (Å²) in [6, 6.07) is 0. The highest BCUT2D eigenvalue weighted by Crippen LogP contribution is 2.13. The molecule has 0 aliphatic rings. The van der Waals surface area contributed by atoms with Gasteiger partial charge in [-0.3, -0.25) is 4.90 Å². The molecule has 0 aliphatic heterocycles. The number of unbranched alkanes of at least 4 members (excludes halogenated alkanes) is 2. The number of rotatable bonds is 11. The van der Waals surface area contributed by atoms with Crippen LogP contribution in [0.4, 0.5) is 0 Å². The van der Waals surface area contributed by atoms with Crippen LogP contribution in [0.2, 0.25) is 0 Å². The average Bonchev–Trinajstić information content (AvgIpc) is 2.87. The molecule has 1 rings (SSSR count). The molecule has 19 heavy (non-hydrogen) atoms. The predicted molar refractivity (Wildman–Crippen MR) is 84.6 cm³/mol. The predicted octanol–water partition coefficient (Wildman–Crippen LogP) is 3.65. The molecule has 0 fully saturated rings. The lowest BCUT2D eigenvalue weighted by atomic mass is 10.2. The summed E-state index contributed by atoms with van der Waals surface area (Å²) >= 11 is 1.78. The molecule has 0 unspecified atom stereocenters. The van der Waals surface area contributed by atoms with Crippen LogP contribution in [0.1, 0.15) is 57.2 Å². The molecule has 1 N–H and O–H groups in total. The highest BCUT2D eigenvalue weighted by molar-refractivity contribution is 7.09. The van der Waals surface area contributed by atoms with Crippen molar-refractivity contribution in [2.75, 3.05) is 19.6 Å². The molecule has 0 radical (unpaired) electrons. The Morgan fingerprint density at radius 1 is 1.16 bits per heavy atom. The van der Waals surface area contributed by atoms with E-state index in [0.29, 0.717) is 0 Å². The second-order valence-electron chi connectivity index (χ2n) is 5.00. The van der Waals surface area contributed by atoms with E-state index in [-0.39, 0.29) is 0 Å². The molecule has 0 saturated carbocycles. The Hall–Kier alpha value is -0.450. The number of hydrogen-bond donors (Lipinski definition) is 1. The van der Waals surface area contributed by atoms with Crippen molar-refractivity contribution in [2.45, 2.75) is 59.5 Å². The maximum absolute atomic E-state index is 4.72. The zero-order chi connectivity index (χ0) is 13.9. The third-order valence-corrected chi connectivity index (χ3v) is 4.06. The van der Waals surface area contributed by atoms with Crippen LogP contribution in [0.3, 0.4) is 0 Å². The van der Waals surface area contributed by atoms with Gasteiger partial charge in [-0.15, -0.1) is 11.3 Å². The summed E-state index contributed by atoms with van der Waals surface area (Å²) in [7, 11) is 0. The fourth-order valence-electron chi connectivity index (χ4n) is 2.00. The quantitative estimate of drug-likeness (QED) is 0.672. The van der Waals surface area contributed by atoms with Crippen molar-refractivity contribution in [2.24, 2.45) is 0 Å². The van der Waals surface area contributed by atoms with Crippen molar-refractivity contribution >= 4 is 11.3 Å². The van der Waals surface area contributed by atoms with Gasteiger partial charge in [0.05, 0.1) is 5.69 Å². The molecular formula is C15H29N3S. The van der Waals surface area contributed by atoms with Crippen molar-refractivity contribution < 1.29 is 0 Å². The van der Waals surface area contributed by atoms with E-state index in [9.17, 15) is 0 Å². The average molecular weight is 283 g/mol. The fraction of sp³-hybridized carbons (Fsp3) is 0.800. The molecule has 1 heterocycles. The molecule has 3 nitrogen and oxygen atoms in total. The first-order valence-electron chi connectivity index (χ1n) is 7.66. The molecule has 0 aromatic carbocycles. The lowest BCUT2D eigenvalue weighted by molar-refractivity contribution is 0.254. The Bertz CT molecular complexity index is 317. The van der Waals surface area contributed by atoms with Gasteiger partial charge >= 0.3 is 0 Å². The van der Waals surface area contributed by atoms with Crippen LogP contribution >= 0.6 is 11.3 Å². The minimum Gasteiger partial charge on any atom is -0.311 e. The van der Waals surface area contributed by atoms with Gasteiger partial charge in [-0.25, -0.2) is 4.98 Å². The molecule has 0 saturated heterocycles. The summed E-state index contributed by atoms with van der Waals surface area (Å²) in [5.41, 5.74) is 1.24. The topological polar surface area (TPSA) is 28.2 Å². The highest BCUT2D eigenvalue weighted by atomic mass is 32.1. The van der Waals surface area contributed by atoms with Crippen LogP contribution in [-0.4, -0.2) is 29.5 Å². The Labute approximate surface area is 122 Å². The van der Waals surface area contributed by atoms with Gasteiger partial charge in [0.15, 0.2) is 0 Å². The van der Waals surface area contributed by atoms with Gasteiger partial charge in [-0.1, -0.05) is 33.6 Å². The number of thiazole rings is 1. The summed E-state index contributed by atoms with van der Waals surface area (Å²) < 4.78 is 0. The van der Waals surface area contributed by atoms with Crippen molar-refractivity contribution in [1.29, 1.82) is 0 Å². The number of hydrogen-bond acceptors (Lipinski definition) is 4. The van der Waals surface area contributed by atoms with Crippen molar-refractivity contribution in [3.63, 3.8) is 0 Å². The van der Waals surface area contributed by atoms with E-state index in [2.05, 4.69) is 36.4 Å². The number of nitrogens with one attached hydrogen (secondary N) is 1. The molecule has 4 heteroatoms. The Morgan fingerprint density at radius 3 is 2.42 bits per heavy atom. The minimum absolute atomic E-state index is 0.908. The second-order valence-corrected chi connectivity index (χ2v) is 5.94. The van der Waals surface area contributed by atoms with Crippen LogP contribution in [0.25, 0.3) is 0 Å². The van der Waals surface area contributed by atoms with Crippen LogP contribution in [0.5, 0.6) is 0 Å². The molecule has 0 bridgehead atoms. The third-order valence-electron chi connectivity index (χ3n) is 3.17. The van der Waals surface area contributed by atoms with Crippen molar-refractivity contribution in [1.82, 2.24) is 15.2 Å². The molecule has 0 spiro atoms. The van der Waals surface area contributed by atoms with Gasteiger partial charge in [-0.05, 0) is 32.5 Å². The monoisotopic (exact) mass is 283 g/mol. The second kappa shape index (κ2) is 10.4. The summed E-state index contributed by atoms with van der Waals surface area (Å²) in [6.45, 7) is 12.0. The summed E-state index contributed by atoms with van der Waals surface area (Å²) in [5.74, 6) is 0. The van der Waals surface area contributed by atoms with Gasteiger partial charge in [0, 0.05) is 18.5 Å². The van der Waals surface area contributed by atoms with Crippen molar-refractivity contribution in [3.8, 4) is 0 Å². The lowest BCUT2D eigenvalue weighted by Crippen LogP contribution is -2.25. The van der Waals surface area contributed by atoms with Gasteiger partial charge in [-0.2, -0.15) is 0 Å². The van der Waals surface area contributed by atoms with Crippen LogP contribution < -0.4 is 5.32 Å². The Balaban J connectivity index is 2.44. The molecule has 1 aromatic heterocycles. The van der Waals surface area contributed by atoms with E-state index in [4.69, 9.17) is 4.98 Å². The molecule has 0 aliphatic carbocycles. The largest absolute Gasteiger partial charge is 0.311 e. The van der Waals surface area contributed by atoms with E-state index in [1.807, 2.05) is 0 Å². The summed E-state index contributed by atoms with van der Waals surface area (Å²) in [4.78, 5) is 7.27. The van der Waals surface area contributed by atoms with E-state index >= 15 is 0 Å². The first kappa shape index (κ1) is 16.6. The minimum atomic E-state index is 0.908. The molecular weight excluding hydrogens is 254 g/mol. The normalized spacial score (nSPS) is 11.4. The zero-order valence-electron chi connectivity index (χ0n) is 12.7. The van der Waals surface area contributed by atoms with Gasteiger partial charge < -0.3 is 5.32 Å². The Morgan fingerprint density at radius 2 is 1.84 bits per heavy atom. The molecule has 110 valence electrons. The number of aromatic nitrogens is 1. The van der Waals surface area contributed by atoms with Gasteiger partial charge in [0.25, 0.3) is 0 Å². The standard InChI is InChI=1S/C15H29N3S/c1-4-7-9-18(10-8-5-2)12-14-13-19-15(17-14)11-16-6-3/h13,16H,4-12H2,1-3H3. The maximum Gasteiger partial charge on any atom is 0.107 e. The van der Waals surface area contributed by atoms with Crippen LogP contribution in [-0.2, 0) is 13.1 Å². The molecule has 1 aromatic rings. The highest BCUT2D eigenvalue weighted by Gasteiger charge is 2.08. The SMILES string of the molecule is CCCCN(CCCC)Cc1csc(CNCC)n1. The number of nitrogens with zero attached hydrogens (tertiary/aromatic N) is 2. The van der Waals surface area contributed by atoms with Gasteiger partial charge in [0.2, 0.25) is 0 Å². The van der Waals surface area contributed by atoms with Crippen LogP contribution in [0.15, 0.2) is 5.38 Å². The zero-order valence-corrected chi connectivity index (χ0v) is 13.6. The van der Waals surface area contributed by atoms with E-state index in [1.54, 1.807) is 11.3 Å². The maximum atomic E-state index is 4.72. The third kappa shape index (κ3) is 7.04. The first-order valence-corrected chi connectivity index (χ1v) is 8.54. The van der Waals surface area contributed by atoms with E-state index in [1.165, 1.54) is 49.5 Å². The molecule has 0 amide bonds. The fourth-order valence-corrected chi connectivity index (χ4v) is 2.75. The Kier molecular flexibility index (Phi) is 9.05. The summed E-state index contributed by atoms with van der Waals surface area (Å²) in [6.07, 6.45) is 5.12. The molecule has 0 atom stereocenters.